The summed E-state index contributed by atoms with van der Waals surface area (Å²) in [4.78, 5) is 14.5. The van der Waals surface area contributed by atoms with Gasteiger partial charge in [0.15, 0.2) is 0 Å². The summed E-state index contributed by atoms with van der Waals surface area (Å²) >= 11 is 1.72. The number of nitrogens with zero attached hydrogens (tertiary/aromatic N) is 1. The predicted molar refractivity (Wildman–Crippen MR) is 84.6 cm³/mol. The van der Waals surface area contributed by atoms with E-state index in [4.69, 9.17) is 0 Å². The molecule has 0 aliphatic heterocycles. The maximum absolute atomic E-state index is 12.1. The number of hydrogen-bond acceptors (Lipinski definition) is 3. The Hall–Kier alpha value is -1.94. The zero-order chi connectivity index (χ0) is 14.4. The van der Waals surface area contributed by atoms with E-state index in [9.17, 15) is 4.79 Å². The van der Waals surface area contributed by atoms with Gasteiger partial charge in [0.2, 0.25) is 0 Å². The molecule has 0 atom stereocenters. The molecule has 20 heavy (non-hydrogen) atoms. The molecule has 2 heterocycles. The molecule has 1 N–H and O–H groups in total. The second-order valence-electron chi connectivity index (χ2n) is 5.22. The summed E-state index contributed by atoms with van der Waals surface area (Å²) in [6, 6.07) is 6.20. The zero-order valence-corrected chi connectivity index (χ0v) is 12.8. The van der Waals surface area contributed by atoms with Crippen molar-refractivity contribution in [1.29, 1.82) is 0 Å². The molecule has 0 spiro atoms. The SMILES string of the molecule is Cc1cc(C)c(-c2n[nH]c(=O)c3c(C)ccc(C)c23)s1. The second kappa shape index (κ2) is 4.56. The summed E-state index contributed by atoms with van der Waals surface area (Å²) in [5.41, 5.74) is 4.05. The quantitative estimate of drug-likeness (QED) is 0.737. The number of hydrogen-bond donors (Lipinski definition) is 1. The number of thiophene rings is 1. The number of H-pyrrole nitrogens is 1. The van der Waals surface area contributed by atoms with Crippen LogP contribution in [-0.2, 0) is 0 Å². The van der Waals surface area contributed by atoms with Crippen LogP contribution in [0.15, 0.2) is 23.0 Å². The highest BCUT2D eigenvalue weighted by molar-refractivity contribution is 7.15. The Kier molecular flexibility index (Phi) is 2.98. The lowest BCUT2D eigenvalue weighted by molar-refractivity contribution is 1.01. The minimum atomic E-state index is -0.115. The molecule has 0 aliphatic carbocycles. The third kappa shape index (κ3) is 1.88. The Bertz CT molecular complexity index is 874. The molecular weight excluding hydrogens is 268 g/mol. The van der Waals surface area contributed by atoms with Gasteiger partial charge in [-0.2, -0.15) is 5.10 Å². The molecule has 2 aromatic heterocycles. The lowest BCUT2D eigenvalue weighted by Crippen LogP contribution is -2.11. The molecule has 0 saturated heterocycles. The van der Waals surface area contributed by atoms with Gasteiger partial charge in [0.05, 0.1) is 10.3 Å². The van der Waals surface area contributed by atoms with Crippen molar-refractivity contribution in [3.8, 4) is 10.6 Å². The van der Waals surface area contributed by atoms with Crippen LogP contribution in [0.1, 0.15) is 21.6 Å². The molecule has 0 unspecified atom stereocenters. The fourth-order valence-corrected chi connectivity index (χ4v) is 3.69. The zero-order valence-electron chi connectivity index (χ0n) is 12.0. The second-order valence-corrected chi connectivity index (χ2v) is 6.48. The Morgan fingerprint density at radius 1 is 1.00 bits per heavy atom. The number of fused-ring (bicyclic) bond motifs is 1. The molecule has 3 aromatic rings. The van der Waals surface area contributed by atoms with E-state index in [0.29, 0.717) is 0 Å². The van der Waals surface area contributed by atoms with Crippen LogP contribution in [0.5, 0.6) is 0 Å². The first kappa shape index (κ1) is 13.1. The van der Waals surface area contributed by atoms with Crippen molar-refractivity contribution in [3.63, 3.8) is 0 Å². The Morgan fingerprint density at radius 3 is 2.25 bits per heavy atom. The summed E-state index contributed by atoms with van der Waals surface area (Å²) in [5.74, 6) is 0. The smallest absolute Gasteiger partial charge is 0.267 e. The number of aromatic nitrogens is 2. The molecule has 0 aliphatic rings. The van der Waals surface area contributed by atoms with Gasteiger partial charge < -0.3 is 0 Å². The fourth-order valence-electron chi connectivity index (χ4n) is 2.67. The average molecular weight is 284 g/mol. The topological polar surface area (TPSA) is 45.8 Å². The fraction of sp³-hybridized carbons (Fsp3) is 0.250. The number of nitrogens with one attached hydrogen (secondary N) is 1. The highest BCUT2D eigenvalue weighted by Crippen LogP contribution is 2.35. The highest BCUT2D eigenvalue weighted by atomic mass is 32.1. The lowest BCUT2D eigenvalue weighted by atomic mass is 10.00. The van der Waals surface area contributed by atoms with Gasteiger partial charge in [-0.3, -0.25) is 4.79 Å². The van der Waals surface area contributed by atoms with Crippen molar-refractivity contribution < 1.29 is 0 Å². The van der Waals surface area contributed by atoms with Gasteiger partial charge >= 0.3 is 0 Å². The van der Waals surface area contributed by atoms with Crippen molar-refractivity contribution in [2.75, 3.05) is 0 Å². The van der Waals surface area contributed by atoms with E-state index >= 15 is 0 Å². The van der Waals surface area contributed by atoms with Crippen LogP contribution in [0.4, 0.5) is 0 Å². The van der Waals surface area contributed by atoms with Gasteiger partial charge in [-0.15, -0.1) is 11.3 Å². The minimum absolute atomic E-state index is 0.115. The minimum Gasteiger partial charge on any atom is -0.267 e. The molecule has 3 nitrogen and oxygen atoms in total. The summed E-state index contributed by atoms with van der Waals surface area (Å²) in [6.45, 7) is 8.17. The van der Waals surface area contributed by atoms with Gasteiger partial charge in [0, 0.05) is 10.3 Å². The third-order valence-electron chi connectivity index (χ3n) is 3.61. The van der Waals surface area contributed by atoms with Gasteiger partial charge in [0.1, 0.15) is 5.69 Å². The van der Waals surface area contributed by atoms with Crippen molar-refractivity contribution in [2.45, 2.75) is 27.7 Å². The first-order valence-corrected chi connectivity index (χ1v) is 7.36. The number of aryl methyl sites for hydroxylation is 4. The predicted octanol–water partition coefficient (Wildman–Crippen LogP) is 3.89. The van der Waals surface area contributed by atoms with Crippen LogP contribution in [-0.4, -0.2) is 10.2 Å². The van der Waals surface area contributed by atoms with E-state index in [1.807, 2.05) is 19.9 Å². The van der Waals surface area contributed by atoms with E-state index in [2.05, 4.69) is 36.2 Å². The van der Waals surface area contributed by atoms with Crippen LogP contribution < -0.4 is 5.56 Å². The first-order valence-electron chi connectivity index (χ1n) is 6.55. The summed E-state index contributed by atoms with van der Waals surface area (Å²) in [6.07, 6.45) is 0. The number of rotatable bonds is 1. The Balaban J connectivity index is 2.50. The lowest BCUT2D eigenvalue weighted by Gasteiger charge is -2.09. The van der Waals surface area contributed by atoms with Crippen molar-refractivity contribution >= 4 is 22.1 Å². The molecule has 0 saturated carbocycles. The summed E-state index contributed by atoms with van der Waals surface area (Å²) in [7, 11) is 0. The number of aromatic amines is 1. The van der Waals surface area contributed by atoms with E-state index in [1.54, 1.807) is 11.3 Å². The molecule has 0 bridgehead atoms. The molecule has 4 heteroatoms. The Labute approximate surface area is 121 Å². The van der Waals surface area contributed by atoms with E-state index in [1.165, 1.54) is 10.4 Å². The van der Waals surface area contributed by atoms with Crippen molar-refractivity contribution in [2.24, 2.45) is 0 Å². The average Bonchev–Trinajstić information content (AvgIpc) is 2.73. The molecule has 3 rings (SSSR count). The van der Waals surface area contributed by atoms with Crippen LogP contribution in [0.25, 0.3) is 21.3 Å². The van der Waals surface area contributed by atoms with Gasteiger partial charge in [-0.05, 0) is 50.5 Å². The molecule has 0 fully saturated rings. The van der Waals surface area contributed by atoms with E-state index in [0.717, 1.165) is 32.5 Å². The monoisotopic (exact) mass is 284 g/mol. The van der Waals surface area contributed by atoms with E-state index in [-0.39, 0.29) is 5.56 Å². The largest absolute Gasteiger partial charge is 0.272 e. The molecule has 102 valence electrons. The molecular formula is C16H16N2OS. The van der Waals surface area contributed by atoms with Crippen molar-refractivity contribution in [3.05, 3.63) is 50.1 Å². The van der Waals surface area contributed by atoms with Gasteiger partial charge in [0.25, 0.3) is 5.56 Å². The van der Waals surface area contributed by atoms with E-state index < -0.39 is 0 Å². The van der Waals surface area contributed by atoms with Gasteiger partial charge in [-0.1, -0.05) is 12.1 Å². The summed E-state index contributed by atoms with van der Waals surface area (Å²) < 4.78 is 0. The van der Waals surface area contributed by atoms with Crippen molar-refractivity contribution in [1.82, 2.24) is 10.2 Å². The molecule has 0 radical (unpaired) electrons. The third-order valence-corrected chi connectivity index (χ3v) is 4.77. The van der Waals surface area contributed by atoms with Gasteiger partial charge in [-0.25, -0.2) is 5.10 Å². The highest BCUT2D eigenvalue weighted by Gasteiger charge is 2.16. The summed E-state index contributed by atoms with van der Waals surface area (Å²) in [5, 5.41) is 8.69. The normalized spacial score (nSPS) is 11.2. The first-order chi connectivity index (χ1) is 9.49. The van der Waals surface area contributed by atoms with Crippen LogP contribution in [0.3, 0.4) is 0 Å². The van der Waals surface area contributed by atoms with Crippen LogP contribution >= 0.6 is 11.3 Å². The maximum Gasteiger partial charge on any atom is 0.272 e. The standard InChI is InChI=1S/C16H16N2OS/c1-8-5-6-9(2)13-12(8)14(17-18-16(13)19)15-10(3)7-11(4)20-15/h5-7H,1-4H3,(H,18,19). The molecule has 0 amide bonds. The van der Waals surface area contributed by atoms with Crippen LogP contribution in [0, 0.1) is 27.7 Å². The maximum atomic E-state index is 12.1. The van der Waals surface area contributed by atoms with Crippen LogP contribution in [0.2, 0.25) is 0 Å². The Morgan fingerprint density at radius 2 is 1.65 bits per heavy atom. The number of benzene rings is 1. The molecule has 1 aromatic carbocycles.